The molecule has 1 N–H and O–H groups in total. The van der Waals surface area contributed by atoms with Crippen molar-refractivity contribution in [3.63, 3.8) is 0 Å². The van der Waals surface area contributed by atoms with E-state index in [2.05, 4.69) is 5.32 Å². The number of anilines is 1. The van der Waals surface area contributed by atoms with E-state index < -0.39 is 9.84 Å². The molecular formula is C12H16N2O2S. The van der Waals surface area contributed by atoms with E-state index in [0.29, 0.717) is 12.1 Å². The Balaban J connectivity index is 2.55. The first-order valence-electron chi connectivity index (χ1n) is 5.41. The van der Waals surface area contributed by atoms with E-state index in [1.165, 1.54) is 0 Å². The van der Waals surface area contributed by atoms with Gasteiger partial charge in [-0.25, -0.2) is 8.42 Å². The lowest BCUT2D eigenvalue weighted by Gasteiger charge is -2.09. The Hall–Kier alpha value is -1.54. The largest absolute Gasteiger partial charge is 0.384 e. The molecule has 4 nitrogen and oxygen atoms in total. The van der Waals surface area contributed by atoms with Gasteiger partial charge in [0.1, 0.15) is 0 Å². The lowest BCUT2D eigenvalue weighted by molar-refractivity contribution is 0.588. The monoisotopic (exact) mass is 252 g/mol. The van der Waals surface area contributed by atoms with Crippen LogP contribution in [0.4, 0.5) is 5.69 Å². The number of sulfone groups is 1. The van der Waals surface area contributed by atoms with Gasteiger partial charge in [0.2, 0.25) is 0 Å². The minimum absolute atomic E-state index is 0.0987. The summed E-state index contributed by atoms with van der Waals surface area (Å²) in [5.41, 5.74) is 1.32. The van der Waals surface area contributed by atoms with E-state index in [0.717, 1.165) is 5.69 Å². The molecule has 92 valence electrons. The highest BCUT2D eigenvalue weighted by Gasteiger charge is 2.14. The molecule has 0 atom stereocenters. The van der Waals surface area contributed by atoms with Gasteiger partial charge in [0.25, 0.3) is 0 Å². The van der Waals surface area contributed by atoms with E-state index in [9.17, 15) is 8.42 Å². The highest BCUT2D eigenvalue weighted by Crippen LogP contribution is 2.09. The Labute approximate surface area is 102 Å². The number of nitrogens with zero attached hydrogens (tertiary/aromatic N) is 1. The zero-order valence-electron chi connectivity index (χ0n) is 9.97. The Morgan fingerprint density at radius 2 is 2.12 bits per heavy atom. The summed E-state index contributed by atoms with van der Waals surface area (Å²) in [6.07, 6.45) is 0. The summed E-state index contributed by atoms with van der Waals surface area (Å²) in [6, 6.07) is 9.00. The Kier molecular flexibility index (Phi) is 4.53. The van der Waals surface area contributed by atoms with Crippen LogP contribution in [-0.2, 0) is 9.84 Å². The van der Waals surface area contributed by atoms with Crippen LogP contribution < -0.4 is 5.32 Å². The fourth-order valence-corrected chi connectivity index (χ4v) is 2.13. The van der Waals surface area contributed by atoms with E-state index in [1.807, 2.05) is 12.1 Å². The summed E-state index contributed by atoms with van der Waals surface area (Å²) in [5.74, 6) is 0.0987. The average Bonchev–Trinajstić information content (AvgIpc) is 2.29. The first-order valence-corrected chi connectivity index (χ1v) is 7.13. The zero-order valence-corrected chi connectivity index (χ0v) is 10.8. The molecule has 0 spiro atoms. The van der Waals surface area contributed by atoms with E-state index in [1.54, 1.807) is 32.0 Å². The number of hydrogen-bond donors (Lipinski definition) is 1. The molecule has 0 aromatic heterocycles. The van der Waals surface area contributed by atoms with Crippen LogP contribution in [0.3, 0.4) is 0 Å². The molecule has 0 unspecified atom stereocenters. The molecule has 1 aromatic carbocycles. The highest BCUT2D eigenvalue weighted by atomic mass is 32.2. The molecule has 5 heteroatoms. The van der Waals surface area contributed by atoms with Crippen LogP contribution in [0.2, 0.25) is 0 Å². The molecule has 0 bridgehead atoms. The molecule has 0 saturated carbocycles. The molecule has 17 heavy (non-hydrogen) atoms. The van der Waals surface area contributed by atoms with Gasteiger partial charge in [0, 0.05) is 12.2 Å². The lowest BCUT2D eigenvalue weighted by Crippen LogP contribution is -2.22. The predicted molar refractivity (Wildman–Crippen MR) is 68.6 cm³/mol. The van der Waals surface area contributed by atoms with Crippen LogP contribution in [0.5, 0.6) is 0 Å². The Bertz CT molecular complexity index is 516. The smallest absolute Gasteiger partial charge is 0.154 e. The van der Waals surface area contributed by atoms with Crippen molar-refractivity contribution in [3.8, 4) is 6.07 Å². The number of nitrogens with one attached hydrogen (secondary N) is 1. The molecule has 0 fully saturated rings. The Morgan fingerprint density at radius 1 is 1.41 bits per heavy atom. The van der Waals surface area contributed by atoms with Gasteiger partial charge in [0.05, 0.1) is 22.6 Å². The van der Waals surface area contributed by atoms with Gasteiger partial charge in [-0.05, 0) is 32.0 Å². The van der Waals surface area contributed by atoms with Gasteiger partial charge >= 0.3 is 0 Å². The van der Waals surface area contributed by atoms with Gasteiger partial charge in [-0.3, -0.25) is 0 Å². The van der Waals surface area contributed by atoms with Crippen LogP contribution >= 0.6 is 0 Å². The number of nitriles is 1. The summed E-state index contributed by atoms with van der Waals surface area (Å²) in [6.45, 7) is 3.70. The van der Waals surface area contributed by atoms with Gasteiger partial charge < -0.3 is 5.32 Å². The molecule has 0 aliphatic heterocycles. The molecule has 0 amide bonds. The van der Waals surface area contributed by atoms with Crippen molar-refractivity contribution in [2.24, 2.45) is 0 Å². The molecule has 0 aliphatic carbocycles. The van der Waals surface area contributed by atoms with Gasteiger partial charge in [-0.15, -0.1) is 0 Å². The van der Waals surface area contributed by atoms with Crippen LogP contribution in [0, 0.1) is 11.3 Å². The lowest BCUT2D eigenvalue weighted by atomic mass is 10.2. The normalized spacial score (nSPS) is 11.2. The maximum atomic E-state index is 11.6. The average molecular weight is 252 g/mol. The third-order valence-corrected chi connectivity index (χ3v) is 4.64. The summed E-state index contributed by atoms with van der Waals surface area (Å²) in [5, 5.41) is 11.4. The molecule has 1 aromatic rings. The minimum Gasteiger partial charge on any atom is -0.384 e. The molecule has 0 saturated heterocycles. The van der Waals surface area contributed by atoms with Crippen molar-refractivity contribution in [3.05, 3.63) is 29.8 Å². The second kappa shape index (κ2) is 5.69. The van der Waals surface area contributed by atoms with Crippen LogP contribution in [0.15, 0.2) is 24.3 Å². The summed E-state index contributed by atoms with van der Waals surface area (Å²) >= 11 is 0. The quantitative estimate of drug-likeness (QED) is 0.867. The number of rotatable bonds is 5. The summed E-state index contributed by atoms with van der Waals surface area (Å²) < 4.78 is 23.1. The molecule has 1 rings (SSSR count). The number of benzene rings is 1. The fraction of sp³-hybridized carbons (Fsp3) is 0.417. The van der Waals surface area contributed by atoms with E-state index in [-0.39, 0.29) is 11.0 Å². The van der Waals surface area contributed by atoms with E-state index >= 15 is 0 Å². The molecule has 0 aliphatic rings. The Morgan fingerprint density at radius 3 is 2.71 bits per heavy atom. The molecule has 0 radical (unpaired) electrons. The predicted octanol–water partition coefficient (Wildman–Crippen LogP) is 1.79. The van der Waals surface area contributed by atoms with E-state index in [4.69, 9.17) is 5.26 Å². The van der Waals surface area contributed by atoms with Crippen LogP contribution in [-0.4, -0.2) is 26.0 Å². The second-order valence-electron chi connectivity index (χ2n) is 4.04. The molecule has 0 heterocycles. The number of hydrogen-bond acceptors (Lipinski definition) is 4. The topological polar surface area (TPSA) is 70.0 Å². The third-order valence-electron chi connectivity index (χ3n) is 2.43. The fourth-order valence-electron chi connectivity index (χ4n) is 1.27. The van der Waals surface area contributed by atoms with Crippen molar-refractivity contribution in [2.45, 2.75) is 19.1 Å². The maximum absolute atomic E-state index is 11.6. The standard InChI is InChI=1S/C12H16N2O2S/c1-10(2)17(15,16)7-6-14-12-5-3-4-11(8-12)9-13/h3-5,8,10,14H,6-7H2,1-2H3. The first-order chi connectivity index (χ1) is 7.95. The van der Waals surface area contributed by atoms with Crippen LogP contribution in [0.1, 0.15) is 19.4 Å². The van der Waals surface area contributed by atoms with Crippen molar-refractivity contribution in [1.29, 1.82) is 5.26 Å². The molecular weight excluding hydrogens is 236 g/mol. The third kappa shape index (κ3) is 4.08. The minimum atomic E-state index is -3.01. The maximum Gasteiger partial charge on any atom is 0.154 e. The zero-order chi connectivity index (χ0) is 12.9. The van der Waals surface area contributed by atoms with Crippen LogP contribution in [0.25, 0.3) is 0 Å². The summed E-state index contributed by atoms with van der Waals surface area (Å²) in [4.78, 5) is 0. The first kappa shape index (κ1) is 13.5. The second-order valence-corrected chi connectivity index (χ2v) is 6.71. The summed E-state index contributed by atoms with van der Waals surface area (Å²) in [7, 11) is -3.01. The van der Waals surface area contributed by atoms with Gasteiger partial charge in [0.15, 0.2) is 9.84 Å². The van der Waals surface area contributed by atoms with Crippen molar-refractivity contribution in [2.75, 3.05) is 17.6 Å². The van der Waals surface area contributed by atoms with Crippen molar-refractivity contribution in [1.82, 2.24) is 0 Å². The van der Waals surface area contributed by atoms with Crippen molar-refractivity contribution >= 4 is 15.5 Å². The SMILES string of the molecule is CC(C)S(=O)(=O)CCNc1cccc(C#N)c1. The van der Waals surface area contributed by atoms with Gasteiger partial charge in [-0.1, -0.05) is 6.07 Å². The highest BCUT2D eigenvalue weighted by molar-refractivity contribution is 7.92. The van der Waals surface area contributed by atoms with Gasteiger partial charge in [-0.2, -0.15) is 5.26 Å². The van der Waals surface area contributed by atoms with Crippen molar-refractivity contribution < 1.29 is 8.42 Å².